The van der Waals surface area contributed by atoms with Gasteiger partial charge in [0, 0.05) is 29.0 Å². The van der Waals surface area contributed by atoms with Crippen LogP contribution >= 0.6 is 23.2 Å². The van der Waals surface area contributed by atoms with Crippen LogP contribution in [0, 0.1) is 0 Å². The van der Waals surface area contributed by atoms with Crippen molar-refractivity contribution in [2.45, 2.75) is 6.04 Å². The second-order valence-electron chi connectivity index (χ2n) is 3.43. The van der Waals surface area contributed by atoms with Gasteiger partial charge >= 0.3 is 0 Å². The van der Waals surface area contributed by atoms with Gasteiger partial charge in [-0.2, -0.15) is 0 Å². The molecule has 0 spiro atoms. The van der Waals surface area contributed by atoms with E-state index >= 15 is 0 Å². The van der Waals surface area contributed by atoms with Crippen molar-refractivity contribution < 1.29 is 0 Å². The third-order valence-corrected chi connectivity index (χ3v) is 2.99. The number of rotatable bonds is 3. The molecule has 0 fully saturated rings. The summed E-state index contributed by atoms with van der Waals surface area (Å²) in [5.41, 5.74) is 6.71. The predicted octanol–water partition coefficient (Wildman–Crippen LogP) is 2.74. The first-order chi connectivity index (χ1) is 7.72. The summed E-state index contributed by atoms with van der Waals surface area (Å²) in [6.07, 6.45) is 5.30. The SMILES string of the molecule is NC[C@H](c1ccc(Cl)cc1Cl)n1ccnc1. The van der Waals surface area contributed by atoms with Crippen LogP contribution in [0.15, 0.2) is 36.9 Å². The molecule has 16 heavy (non-hydrogen) atoms. The molecule has 0 aliphatic rings. The molecular weight excluding hydrogens is 245 g/mol. The minimum atomic E-state index is -0.00716. The molecule has 1 heterocycles. The Kier molecular flexibility index (Phi) is 3.49. The fraction of sp³-hybridized carbons (Fsp3) is 0.182. The van der Waals surface area contributed by atoms with Crippen molar-refractivity contribution in [3.8, 4) is 0 Å². The van der Waals surface area contributed by atoms with Crippen LogP contribution in [0.25, 0.3) is 0 Å². The molecule has 0 saturated carbocycles. The minimum absolute atomic E-state index is 0.00716. The Morgan fingerprint density at radius 1 is 1.38 bits per heavy atom. The van der Waals surface area contributed by atoms with Crippen LogP contribution in [0.2, 0.25) is 10.0 Å². The molecule has 0 amide bonds. The maximum atomic E-state index is 6.15. The van der Waals surface area contributed by atoms with Gasteiger partial charge in [-0.3, -0.25) is 0 Å². The Morgan fingerprint density at radius 3 is 2.75 bits per heavy atom. The van der Waals surface area contributed by atoms with Gasteiger partial charge < -0.3 is 10.3 Å². The third-order valence-electron chi connectivity index (χ3n) is 2.43. The number of aromatic nitrogens is 2. The molecule has 1 aromatic heterocycles. The summed E-state index contributed by atoms with van der Waals surface area (Å²) in [4.78, 5) is 4.00. The first kappa shape index (κ1) is 11.5. The average molecular weight is 256 g/mol. The molecule has 0 radical (unpaired) electrons. The van der Waals surface area contributed by atoms with E-state index in [-0.39, 0.29) is 6.04 Å². The lowest BCUT2D eigenvalue weighted by Crippen LogP contribution is -2.19. The van der Waals surface area contributed by atoms with Gasteiger partial charge in [0.05, 0.1) is 12.4 Å². The molecule has 0 bridgehead atoms. The first-order valence-electron chi connectivity index (χ1n) is 4.85. The van der Waals surface area contributed by atoms with Gasteiger partial charge in [-0.05, 0) is 17.7 Å². The Bertz CT molecular complexity index is 468. The molecule has 5 heteroatoms. The Balaban J connectivity index is 2.41. The summed E-state index contributed by atoms with van der Waals surface area (Å²) in [7, 11) is 0. The molecule has 84 valence electrons. The molecule has 3 nitrogen and oxygen atoms in total. The van der Waals surface area contributed by atoms with E-state index in [0.717, 1.165) is 5.56 Å². The highest BCUT2D eigenvalue weighted by Gasteiger charge is 2.14. The van der Waals surface area contributed by atoms with Crippen molar-refractivity contribution in [3.63, 3.8) is 0 Å². The van der Waals surface area contributed by atoms with Crippen LogP contribution in [0.3, 0.4) is 0 Å². The van der Waals surface area contributed by atoms with Gasteiger partial charge in [0.1, 0.15) is 0 Å². The molecule has 2 rings (SSSR count). The van der Waals surface area contributed by atoms with Crippen molar-refractivity contribution in [1.29, 1.82) is 0 Å². The zero-order valence-corrected chi connectivity index (χ0v) is 9.99. The molecule has 0 aliphatic heterocycles. The Morgan fingerprint density at radius 2 is 2.19 bits per heavy atom. The molecule has 0 aliphatic carbocycles. The largest absolute Gasteiger partial charge is 0.329 e. The lowest BCUT2D eigenvalue weighted by Gasteiger charge is -2.18. The van der Waals surface area contributed by atoms with Crippen molar-refractivity contribution in [2.75, 3.05) is 6.54 Å². The quantitative estimate of drug-likeness (QED) is 0.917. The maximum absolute atomic E-state index is 6.15. The topological polar surface area (TPSA) is 43.8 Å². The van der Waals surface area contributed by atoms with Gasteiger partial charge in [0.2, 0.25) is 0 Å². The lowest BCUT2D eigenvalue weighted by atomic mass is 10.1. The number of halogens is 2. The standard InChI is InChI=1S/C11H11Cl2N3/c12-8-1-2-9(10(13)5-8)11(6-14)16-4-3-15-7-16/h1-5,7,11H,6,14H2/t11-/m1/s1. The first-order valence-corrected chi connectivity index (χ1v) is 5.60. The highest BCUT2D eigenvalue weighted by molar-refractivity contribution is 6.35. The van der Waals surface area contributed by atoms with Crippen LogP contribution in [0.5, 0.6) is 0 Å². The molecule has 0 unspecified atom stereocenters. The van der Waals surface area contributed by atoms with Gasteiger partial charge in [-0.1, -0.05) is 29.3 Å². The zero-order valence-electron chi connectivity index (χ0n) is 8.48. The second kappa shape index (κ2) is 4.87. The van der Waals surface area contributed by atoms with E-state index < -0.39 is 0 Å². The number of nitrogens with two attached hydrogens (primary N) is 1. The van der Waals surface area contributed by atoms with Gasteiger partial charge in [0.15, 0.2) is 0 Å². The van der Waals surface area contributed by atoms with Crippen LogP contribution in [0.1, 0.15) is 11.6 Å². The van der Waals surface area contributed by atoms with Crippen LogP contribution < -0.4 is 5.73 Å². The maximum Gasteiger partial charge on any atom is 0.0952 e. The monoisotopic (exact) mass is 255 g/mol. The summed E-state index contributed by atoms with van der Waals surface area (Å²) < 4.78 is 1.93. The Labute approximate surface area is 104 Å². The van der Waals surface area contributed by atoms with Crippen LogP contribution in [-0.2, 0) is 0 Å². The number of imidazole rings is 1. The fourth-order valence-corrected chi connectivity index (χ4v) is 2.17. The summed E-state index contributed by atoms with van der Waals surface area (Å²) in [5.74, 6) is 0. The Hall–Kier alpha value is -1.03. The van der Waals surface area contributed by atoms with E-state index in [1.165, 1.54) is 0 Å². The van der Waals surface area contributed by atoms with Gasteiger partial charge in [-0.25, -0.2) is 4.98 Å². The number of hydrogen-bond acceptors (Lipinski definition) is 2. The normalized spacial score (nSPS) is 12.7. The third kappa shape index (κ3) is 2.21. The van der Waals surface area contributed by atoms with Gasteiger partial charge in [0.25, 0.3) is 0 Å². The minimum Gasteiger partial charge on any atom is -0.329 e. The summed E-state index contributed by atoms with van der Waals surface area (Å²) in [6, 6.07) is 5.41. The van der Waals surface area contributed by atoms with Gasteiger partial charge in [-0.15, -0.1) is 0 Å². The van der Waals surface area contributed by atoms with E-state index in [1.54, 1.807) is 18.6 Å². The number of benzene rings is 1. The predicted molar refractivity (Wildman–Crippen MR) is 65.9 cm³/mol. The van der Waals surface area contributed by atoms with E-state index in [9.17, 15) is 0 Å². The molecule has 1 atom stereocenters. The van der Waals surface area contributed by atoms with Crippen LogP contribution in [-0.4, -0.2) is 16.1 Å². The van der Waals surface area contributed by atoms with E-state index in [4.69, 9.17) is 28.9 Å². The number of hydrogen-bond donors (Lipinski definition) is 1. The summed E-state index contributed by atoms with van der Waals surface area (Å²) in [6.45, 7) is 0.456. The second-order valence-corrected chi connectivity index (χ2v) is 4.27. The summed E-state index contributed by atoms with van der Waals surface area (Å²) in [5, 5.41) is 1.24. The lowest BCUT2D eigenvalue weighted by molar-refractivity contribution is 0.594. The molecular formula is C11H11Cl2N3. The molecule has 0 saturated heterocycles. The smallest absolute Gasteiger partial charge is 0.0952 e. The highest BCUT2D eigenvalue weighted by Crippen LogP contribution is 2.27. The van der Waals surface area contributed by atoms with Crippen molar-refractivity contribution in [2.24, 2.45) is 5.73 Å². The average Bonchev–Trinajstić information content (AvgIpc) is 2.75. The zero-order chi connectivity index (χ0) is 11.5. The van der Waals surface area contributed by atoms with Crippen molar-refractivity contribution >= 4 is 23.2 Å². The van der Waals surface area contributed by atoms with E-state index in [1.807, 2.05) is 22.9 Å². The van der Waals surface area contributed by atoms with E-state index in [0.29, 0.717) is 16.6 Å². The number of nitrogens with zero attached hydrogens (tertiary/aromatic N) is 2. The summed E-state index contributed by atoms with van der Waals surface area (Å²) >= 11 is 12.0. The van der Waals surface area contributed by atoms with E-state index in [2.05, 4.69) is 4.98 Å². The fourth-order valence-electron chi connectivity index (χ4n) is 1.63. The van der Waals surface area contributed by atoms with Crippen molar-refractivity contribution in [3.05, 3.63) is 52.5 Å². The highest BCUT2D eigenvalue weighted by atomic mass is 35.5. The molecule has 2 aromatic rings. The van der Waals surface area contributed by atoms with Crippen molar-refractivity contribution in [1.82, 2.24) is 9.55 Å². The van der Waals surface area contributed by atoms with Crippen LogP contribution in [0.4, 0.5) is 0 Å². The molecule has 2 N–H and O–H groups in total. The molecule has 1 aromatic carbocycles.